The number of hydrogen-bond donors (Lipinski definition) is 2. The number of aryl methyl sites for hydroxylation is 2. The highest BCUT2D eigenvalue weighted by Gasteiger charge is 2.47. The van der Waals surface area contributed by atoms with Crippen molar-refractivity contribution in [3.8, 4) is 5.75 Å². The molecular formula is C23H23ClN4O3. The Balaban J connectivity index is 1.59. The van der Waals surface area contributed by atoms with E-state index in [0.717, 1.165) is 11.3 Å². The van der Waals surface area contributed by atoms with Crippen LogP contribution in [0.15, 0.2) is 42.5 Å². The van der Waals surface area contributed by atoms with Gasteiger partial charge >= 0.3 is 0 Å². The zero-order valence-electron chi connectivity index (χ0n) is 17.7. The molecule has 31 heavy (non-hydrogen) atoms. The predicted molar refractivity (Wildman–Crippen MR) is 120 cm³/mol. The Morgan fingerprint density at radius 2 is 1.97 bits per heavy atom. The molecular weight excluding hydrogens is 416 g/mol. The summed E-state index contributed by atoms with van der Waals surface area (Å²) in [6.07, 6.45) is 0. The Kier molecular flexibility index (Phi) is 5.23. The second kappa shape index (κ2) is 7.74. The zero-order valence-corrected chi connectivity index (χ0v) is 18.5. The minimum atomic E-state index is -1.74. The maximum atomic E-state index is 13.1. The van der Waals surface area contributed by atoms with E-state index in [1.54, 1.807) is 18.2 Å². The summed E-state index contributed by atoms with van der Waals surface area (Å²) in [6, 6.07) is 12.9. The summed E-state index contributed by atoms with van der Waals surface area (Å²) in [5.74, 6) is -0.764. The molecule has 1 atom stereocenters. The third-order valence-corrected chi connectivity index (χ3v) is 5.81. The number of ether oxygens (including phenoxy) is 1. The molecule has 1 unspecified atom stereocenters. The SMILES string of the molecule is Cc1ccccc1Cn1nc(C)c(NC(=O)C2(C)Oc3ccc(Cl)cc3NC2=O)c1C. The third kappa shape index (κ3) is 3.77. The molecule has 160 valence electrons. The van der Waals surface area contributed by atoms with Crippen LogP contribution >= 0.6 is 11.6 Å². The van der Waals surface area contributed by atoms with Gasteiger partial charge in [0.1, 0.15) is 5.75 Å². The van der Waals surface area contributed by atoms with Gasteiger partial charge in [-0.1, -0.05) is 35.9 Å². The van der Waals surface area contributed by atoms with Crippen molar-refractivity contribution in [1.29, 1.82) is 0 Å². The number of hydrogen-bond acceptors (Lipinski definition) is 4. The lowest BCUT2D eigenvalue weighted by molar-refractivity contribution is -0.143. The van der Waals surface area contributed by atoms with E-state index in [-0.39, 0.29) is 0 Å². The third-order valence-electron chi connectivity index (χ3n) is 5.57. The summed E-state index contributed by atoms with van der Waals surface area (Å²) >= 11 is 5.97. The number of carbonyl (C=O) groups is 2. The molecule has 2 N–H and O–H groups in total. The molecule has 8 heteroatoms. The minimum absolute atomic E-state index is 0.380. The molecule has 0 bridgehead atoms. The zero-order chi connectivity index (χ0) is 22.3. The molecule has 2 heterocycles. The predicted octanol–water partition coefficient (Wildman–Crippen LogP) is 4.24. The molecule has 2 amide bonds. The molecule has 1 aliphatic rings. The van der Waals surface area contributed by atoms with Crippen molar-refractivity contribution in [2.45, 2.75) is 39.8 Å². The average Bonchev–Trinajstić information content (AvgIpc) is 2.98. The lowest BCUT2D eigenvalue weighted by Gasteiger charge is -2.33. The van der Waals surface area contributed by atoms with Gasteiger partial charge in [0.25, 0.3) is 17.4 Å². The van der Waals surface area contributed by atoms with Crippen molar-refractivity contribution in [2.24, 2.45) is 0 Å². The van der Waals surface area contributed by atoms with Crippen LogP contribution in [-0.4, -0.2) is 27.2 Å². The van der Waals surface area contributed by atoms with E-state index in [4.69, 9.17) is 16.3 Å². The van der Waals surface area contributed by atoms with Crippen molar-refractivity contribution in [1.82, 2.24) is 9.78 Å². The highest BCUT2D eigenvalue weighted by Crippen LogP contribution is 2.36. The van der Waals surface area contributed by atoms with E-state index in [1.165, 1.54) is 12.5 Å². The minimum Gasteiger partial charge on any atom is -0.466 e. The monoisotopic (exact) mass is 438 g/mol. The molecule has 1 aliphatic heterocycles. The van der Waals surface area contributed by atoms with Crippen molar-refractivity contribution >= 4 is 34.8 Å². The van der Waals surface area contributed by atoms with Gasteiger partial charge in [-0.15, -0.1) is 0 Å². The summed E-state index contributed by atoms with van der Waals surface area (Å²) in [5, 5.41) is 10.6. The molecule has 0 saturated heterocycles. The molecule has 2 aromatic carbocycles. The molecule has 1 aromatic heterocycles. The van der Waals surface area contributed by atoms with Gasteiger partial charge in [0.15, 0.2) is 0 Å². The summed E-state index contributed by atoms with van der Waals surface area (Å²) in [5.41, 5.74) is 3.02. The van der Waals surface area contributed by atoms with Gasteiger partial charge in [0, 0.05) is 5.02 Å². The van der Waals surface area contributed by atoms with Crippen LogP contribution in [0.3, 0.4) is 0 Å². The van der Waals surface area contributed by atoms with Crippen LogP contribution in [0, 0.1) is 20.8 Å². The smallest absolute Gasteiger partial charge is 0.278 e. The standard InChI is InChI=1S/C23H23ClN4O3/c1-13-7-5-6-8-16(13)12-28-15(3)20(14(2)27-28)26-22(30)23(4)21(29)25-18-11-17(24)9-10-19(18)31-23/h5-11H,12H2,1-4H3,(H,25,29)(H,26,30). The summed E-state index contributed by atoms with van der Waals surface area (Å²) in [7, 11) is 0. The topological polar surface area (TPSA) is 85.2 Å². The van der Waals surface area contributed by atoms with Crippen molar-refractivity contribution in [3.63, 3.8) is 0 Å². The van der Waals surface area contributed by atoms with E-state index in [1.807, 2.05) is 30.7 Å². The summed E-state index contributed by atoms with van der Waals surface area (Å²) in [4.78, 5) is 25.9. The van der Waals surface area contributed by atoms with E-state index >= 15 is 0 Å². The maximum absolute atomic E-state index is 13.1. The van der Waals surface area contributed by atoms with E-state index in [2.05, 4.69) is 34.8 Å². The number of aromatic nitrogens is 2. The highest BCUT2D eigenvalue weighted by atomic mass is 35.5. The van der Waals surface area contributed by atoms with Gasteiger partial charge in [-0.2, -0.15) is 5.10 Å². The van der Waals surface area contributed by atoms with Crippen LogP contribution in [-0.2, 0) is 16.1 Å². The van der Waals surface area contributed by atoms with E-state index in [9.17, 15) is 9.59 Å². The Bertz CT molecular complexity index is 1200. The molecule has 0 spiro atoms. The van der Waals surface area contributed by atoms with Crippen molar-refractivity contribution in [3.05, 3.63) is 70.0 Å². The first kappa shape index (κ1) is 20.9. The Morgan fingerprint density at radius 1 is 1.23 bits per heavy atom. The van der Waals surface area contributed by atoms with Gasteiger partial charge in [-0.3, -0.25) is 14.3 Å². The van der Waals surface area contributed by atoms with Crippen LogP contribution < -0.4 is 15.4 Å². The summed E-state index contributed by atoms with van der Waals surface area (Å²) < 4.78 is 7.65. The largest absolute Gasteiger partial charge is 0.466 e. The van der Waals surface area contributed by atoms with Gasteiger partial charge in [0.05, 0.1) is 29.3 Å². The molecule has 3 aromatic rings. The fraction of sp³-hybridized carbons (Fsp3) is 0.261. The van der Waals surface area contributed by atoms with Crippen LogP contribution in [0.4, 0.5) is 11.4 Å². The maximum Gasteiger partial charge on any atom is 0.278 e. The van der Waals surface area contributed by atoms with Crippen molar-refractivity contribution in [2.75, 3.05) is 10.6 Å². The molecule has 0 radical (unpaired) electrons. The first-order chi connectivity index (χ1) is 14.7. The van der Waals surface area contributed by atoms with Crippen molar-refractivity contribution < 1.29 is 14.3 Å². The first-order valence-corrected chi connectivity index (χ1v) is 10.3. The highest BCUT2D eigenvalue weighted by molar-refractivity contribution is 6.31. The second-order valence-electron chi connectivity index (χ2n) is 7.81. The van der Waals surface area contributed by atoms with Crippen LogP contribution in [0.5, 0.6) is 5.75 Å². The number of rotatable bonds is 4. The number of benzene rings is 2. The number of fused-ring (bicyclic) bond motifs is 1. The first-order valence-electron chi connectivity index (χ1n) is 9.89. The number of halogens is 1. The second-order valence-corrected chi connectivity index (χ2v) is 8.25. The number of nitrogens with zero attached hydrogens (tertiary/aromatic N) is 2. The Morgan fingerprint density at radius 3 is 2.71 bits per heavy atom. The molecule has 4 rings (SSSR count). The fourth-order valence-electron chi connectivity index (χ4n) is 3.56. The van der Waals surface area contributed by atoms with Gasteiger partial charge < -0.3 is 15.4 Å². The van der Waals surface area contributed by atoms with Crippen LogP contribution in [0.25, 0.3) is 0 Å². The van der Waals surface area contributed by atoms with Crippen LogP contribution in [0.1, 0.15) is 29.4 Å². The molecule has 0 fully saturated rings. The lowest BCUT2D eigenvalue weighted by Crippen LogP contribution is -2.56. The van der Waals surface area contributed by atoms with Gasteiger partial charge in [-0.05, 0) is 57.0 Å². The lowest BCUT2D eigenvalue weighted by atomic mass is 10.0. The van der Waals surface area contributed by atoms with E-state index in [0.29, 0.717) is 34.4 Å². The number of amides is 2. The van der Waals surface area contributed by atoms with Gasteiger partial charge in [0.2, 0.25) is 0 Å². The fourth-order valence-corrected chi connectivity index (χ4v) is 3.73. The number of anilines is 2. The van der Waals surface area contributed by atoms with Gasteiger partial charge in [-0.25, -0.2) is 0 Å². The number of nitrogens with one attached hydrogen (secondary N) is 2. The average molecular weight is 439 g/mol. The van der Waals surface area contributed by atoms with Crippen LogP contribution in [0.2, 0.25) is 5.02 Å². The summed E-state index contributed by atoms with van der Waals surface area (Å²) in [6.45, 7) is 7.78. The quantitative estimate of drug-likeness (QED) is 0.596. The Labute approximate surface area is 185 Å². The Hall–Kier alpha value is -3.32. The molecule has 7 nitrogen and oxygen atoms in total. The normalized spacial score (nSPS) is 17.5. The molecule has 0 saturated carbocycles. The number of carbonyl (C=O) groups excluding carboxylic acids is 2. The van der Waals surface area contributed by atoms with E-state index < -0.39 is 17.4 Å². The molecule has 0 aliphatic carbocycles.